The van der Waals surface area contributed by atoms with Gasteiger partial charge >= 0.3 is 0 Å². The molecule has 0 spiro atoms. The molecule has 1 heterocycles. The van der Waals surface area contributed by atoms with Crippen LogP contribution in [0.3, 0.4) is 0 Å². The fourth-order valence-corrected chi connectivity index (χ4v) is 2.85. The summed E-state index contributed by atoms with van der Waals surface area (Å²) in [7, 11) is 0. The van der Waals surface area contributed by atoms with Crippen LogP contribution >= 0.6 is 0 Å². The lowest BCUT2D eigenvalue weighted by atomic mass is 9.96. The Kier molecular flexibility index (Phi) is 6.37. The molecule has 0 bridgehead atoms. The van der Waals surface area contributed by atoms with Gasteiger partial charge in [0.05, 0.1) is 6.61 Å². The molecule has 27 heavy (non-hydrogen) atoms. The molecule has 1 aromatic heterocycles. The standard InChI is InChI=1S/C21H23F2NO3/c1-14(25)6-2-3-11-26-20-18(22)12-15(13-19(20)23)17-9-5-10-24-21(17)27-16-7-4-8-16/h5,9-10,12-13,16H,2-4,6-8,11H2,1H3. The molecule has 1 saturated carbocycles. The zero-order valence-corrected chi connectivity index (χ0v) is 15.3. The lowest BCUT2D eigenvalue weighted by molar-refractivity contribution is -0.117. The number of unbranched alkanes of at least 4 members (excludes halogenated alkanes) is 1. The van der Waals surface area contributed by atoms with Gasteiger partial charge in [-0.05, 0) is 68.9 Å². The SMILES string of the molecule is CC(=O)CCCCOc1c(F)cc(-c2cccnc2OC2CCC2)cc1F. The van der Waals surface area contributed by atoms with E-state index < -0.39 is 17.4 Å². The Hall–Kier alpha value is -2.50. The lowest BCUT2D eigenvalue weighted by Gasteiger charge is -2.26. The molecule has 6 heteroatoms. The summed E-state index contributed by atoms with van der Waals surface area (Å²) in [6.45, 7) is 1.67. The Balaban J connectivity index is 1.72. The molecule has 144 valence electrons. The van der Waals surface area contributed by atoms with E-state index in [1.807, 2.05) is 0 Å². The maximum atomic E-state index is 14.4. The summed E-state index contributed by atoms with van der Waals surface area (Å²) in [5, 5.41) is 0. The molecule has 0 N–H and O–H groups in total. The predicted molar refractivity (Wildman–Crippen MR) is 97.9 cm³/mol. The van der Waals surface area contributed by atoms with E-state index in [0.29, 0.717) is 36.3 Å². The van der Waals surface area contributed by atoms with Crippen LogP contribution in [0.25, 0.3) is 11.1 Å². The molecule has 0 unspecified atom stereocenters. The van der Waals surface area contributed by atoms with Crippen LogP contribution in [0.4, 0.5) is 8.78 Å². The molecule has 3 rings (SSSR count). The van der Waals surface area contributed by atoms with Crippen molar-refractivity contribution in [2.24, 2.45) is 0 Å². The van der Waals surface area contributed by atoms with Crippen LogP contribution in [0.2, 0.25) is 0 Å². The number of pyridine rings is 1. The number of ether oxygens (including phenoxy) is 2. The van der Waals surface area contributed by atoms with Crippen molar-refractivity contribution in [3.8, 4) is 22.8 Å². The van der Waals surface area contributed by atoms with E-state index in [9.17, 15) is 13.6 Å². The molecule has 0 atom stereocenters. The molecular formula is C21H23F2NO3. The number of aromatic nitrogens is 1. The summed E-state index contributed by atoms with van der Waals surface area (Å²) in [5.74, 6) is -1.45. The zero-order chi connectivity index (χ0) is 19.2. The van der Waals surface area contributed by atoms with Crippen molar-refractivity contribution in [1.82, 2.24) is 4.98 Å². The molecule has 0 amide bonds. The second-order valence-corrected chi connectivity index (χ2v) is 6.80. The van der Waals surface area contributed by atoms with Crippen LogP contribution in [0.15, 0.2) is 30.5 Å². The van der Waals surface area contributed by atoms with Gasteiger partial charge in [0.2, 0.25) is 5.88 Å². The summed E-state index contributed by atoms with van der Waals surface area (Å²) < 4.78 is 39.9. The molecule has 0 radical (unpaired) electrons. The van der Waals surface area contributed by atoms with Gasteiger partial charge in [0.25, 0.3) is 0 Å². The van der Waals surface area contributed by atoms with Crippen molar-refractivity contribution < 1.29 is 23.0 Å². The van der Waals surface area contributed by atoms with Crippen molar-refractivity contribution in [3.63, 3.8) is 0 Å². The predicted octanol–water partition coefficient (Wildman–Crippen LogP) is 5.10. The van der Waals surface area contributed by atoms with Gasteiger partial charge in [-0.3, -0.25) is 0 Å². The normalized spacial score (nSPS) is 13.9. The Morgan fingerprint density at radius 1 is 1.22 bits per heavy atom. The number of carbonyl (C=O) groups excluding carboxylic acids is 1. The number of ketones is 1. The van der Waals surface area contributed by atoms with E-state index in [1.165, 1.54) is 19.1 Å². The number of nitrogens with zero attached hydrogens (tertiary/aromatic N) is 1. The first-order chi connectivity index (χ1) is 13.0. The Bertz CT molecular complexity index is 783. The average molecular weight is 375 g/mol. The second kappa shape index (κ2) is 8.93. The topological polar surface area (TPSA) is 48.4 Å². The number of rotatable bonds is 9. The minimum atomic E-state index is -0.769. The van der Waals surface area contributed by atoms with Gasteiger partial charge < -0.3 is 14.3 Å². The summed E-state index contributed by atoms with van der Waals surface area (Å²) in [5.41, 5.74) is 0.909. The number of benzene rings is 1. The Labute approximate surface area is 157 Å². The molecule has 4 nitrogen and oxygen atoms in total. The average Bonchev–Trinajstić information content (AvgIpc) is 2.60. The summed E-state index contributed by atoms with van der Waals surface area (Å²) in [6.07, 6.45) is 6.40. The molecule has 2 aromatic rings. The van der Waals surface area contributed by atoms with Gasteiger partial charge in [-0.1, -0.05) is 0 Å². The smallest absolute Gasteiger partial charge is 0.221 e. The maximum absolute atomic E-state index is 14.4. The third kappa shape index (κ3) is 5.02. The van der Waals surface area contributed by atoms with Gasteiger partial charge in [0.15, 0.2) is 17.4 Å². The third-order valence-electron chi connectivity index (χ3n) is 4.58. The van der Waals surface area contributed by atoms with E-state index in [4.69, 9.17) is 9.47 Å². The number of Topliss-reactive ketones (excluding diaryl/α,β-unsaturated/α-hetero) is 1. The van der Waals surface area contributed by atoms with Crippen molar-refractivity contribution in [3.05, 3.63) is 42.1 Å². The highest BCUT2D eigenvalue weighted by atomic mass is 19.1. The molecular weight excluding hydrogens is 352 g/mol. The number of halogens is 2. The van der Waals surface area contributed by atoms with Crippen LogP contribution in [-0.2, 0) is 4.79 Å². The van der Waals surface area contributed by atoms with Crippen LogP contribution in [0.5, 0.6) is 11.6 Å². The summed E-state index contributed by atoms with van der Waals surface area (Å²) >= 11 is 0. The molecule has 1 aromatic carbocycles. The monoisotopic (exact) mass is 375 g/mol. The van der Waals surface area contributed by atoms with Crippen molar-refractivity contribution in [2.75, 3.05) is 6.61 Å². The van der Waals surface area contributed by atoms with E-state index in [-0.39, 0.29) is 18.5 Å². The summed E-state index contributed by atoms with van der Waals surface area (Å²) in [6, 6.07) is 5.91. The Morgan fingerprint density at radius 2 is 1.96 bits per heavy atom. The zero-order valence-electron chi connectivity index (χ0n) is 15.3. The van der Waals surface area contributed by atoms with Crippen LogP contribution < -0.4 is 9.47 Å². The first-order valence-electron chi connectivity index (χ1n) is 9.28. The largest absolute Gasteiger partial charge is 0.488 e. The quantitative estimate of drug-likeness (QED) is 0.573. The Morgan fingerprint density at radius 3 is 2.59 bits per heavy atom. The van der Waals surface area contributed by atoms with Gasteiger partial charge in [-0.25, -0.2) is 13.8 Å². The fourth-order valence-electron chi connectivity index (χ4n) is 2.85. The van der Waals surface area contributed by atoms with Crippen molar-refractivity contribution >= 4 is 5.78 Å². The highest BCUT2D eigenvalue weighted by Crippen LogP contribution is 2.35. The summed E-state index contributed by atoms with van der Waals surface area (Å²) in [4.78, 5) is 15.1. The number of hydrogen-bond acceptors (Lipinski definition) is 4. The van der Waals surface area contributed by atoms with Crippen LogP contribution in [0.1, 0.15) is 45.4 Å². The van der Waals surface area contributed by atoms with E-state index in [0.717, 1.165) is 19.3 Å². The van der Waals surface area contributed by atoms with Crippen LogP contribution in [-0.4, -0.2) is 23.5 Å². The number of hydrogen-bond donors (Lipinski definition) is 0. The first kappa shape index (κ1) is 19.3. The fraction of sp³-hybridized carbons (Fsp3) is 0.429. The first-order valence-corrected chi connectivity index (χ1v) is 9.28. The third-order valence-corrected chi connectivity index (χ3v) is 4.58. The van der Waals surface area contributed by atoms with Crippen molar-refractivity contribution in [2.45, 2.75) is 51.6 Å². The van der Waals surface area contributed by atoms with Crippen molar-refractivity contribution in [1.29, 1.82) is 0 Å². The molecule has 1 fully saturated rings. The molecule has 0 aliphatic heterocycles. The number of carbonyl (C=O) groups is 1. The van der Waals surface area contributed by atoms with Gasteiger partial charge in [-0.15, -0.1) is 0 Å². The van der Waals surface area contributed by atoms with E-state index in [1.54, 1.807) is 18.3 Å². The lowest BCUT2D eigenvalue weighted by Crippen LogP contribution is -2.25. The molecule has 1 aliphatic rings. The minimum Gasteiger partial charge on any atom is -0.488 e. The van der Waals surface area contributed by atoms with E-state index in [2.05, 4.69) is 4.98 Å². The maximum Gasteiger partial charge on any atom is 0.221 e. The molecule has 1 aliphatic carbocycles. The van der Waals surface area contributed by atoms with Gasteiger partial charge in [0.1, 0.15) is 11.9 Å². The second-order valence-electron chi connectivity index (χ2n) is 6.80. The minimum absolute atomic E-state index is 0.0908. The van der Waals surface area contributed by atoms with Crippen LogP contribution in [0, 0.1) is 11.6 Å². The van der Waals surface area contributed by atoms with E-state index >= 15 is 0 Å². The highest BCUT2D eigenvalue weighted by Gasteiger charge is 2.22. The highest BCUT2D eigenvalue weighted by molar-refractivity contribution is 5.75. The van der Waals surface area contributed by atoms with Gasteiger partial charge in [0, 0.05) is 18.2 Å². The molecule has 0 saturated heterocycles. The van der Waals surface area contributed by atoms with Gasteiger partial charge in [-0.2, -0.15) is 0 Å².